The van der Waals surface area contributed by atoms with Gasteiger partial charge in [-0.3, -0.25) is 4.79 Å². The van der Waals surface area contributed by atoms with Crippen molar-refractivity contribution in [3.8, 4) is 0 Å². The number of rotatable bonds is 3. The van der Waals surface area contributed by atoms with E-state index in [0.29, 0.717) is 10.8 Å². The van der Waals surface area contributed by atoms with Crippen molar-refractivity contribution >= 4 is 29.3 Å². The molecule has 0 heterocycles. The largest absolute Gasteiger partial charge is 0.468 e. The maximum atomic E-state index is 10.8. The standard InChI is InChI=1S/C9H9ClO2S/c1-12-9(11)6-13-8-5-3-2-4-7(8)10/h2-5H,6H2,1H3. The summed E-state index contributed by atoms with van der Waals surface area (Å²) in [5.41, 5.74) is 0. The predicted octanol–water partition coefficient (Wildman–Crippen LogP) is 2.61. The molecular weight excluding hydrogens is 208 g/mol. The normalized spacial score (nSPS) is 9.69. The first kappa shape index (κ1) is 10.4. The van der Waals surface area contributed by atoms with Crippen molar-refractivity contribution < 1.29 is 9.53 Å². The highest BCUT2D eigenvalue weighted by atomic mass is 35.5. The average Bonchev–Trinajstić information content (AvgIpc) is 2.16. The minimum atomic E-state index is -0.245. The van der Waals surface area contributed by atoms with Gasteiger partial charge in [0.25, 0.3) is 0 Å². The number of carbonyl (C=O) groups excluding carboxylic acids is 1. The van der Waals surface area contributed by atoms with E-state index in [4.69, 9.17) is 11.6 Å². The summed E-state index contributed by atoms with van der Waals surface area (Å²) < 4.78 is 4.51. The maximum Gasteiger partial charge on any atom is 0.315 e. The number of hydrogen-bond donors (Lipinski definition) is 0. The van der Waals surface area contributed by atoms with Gasteiger partial charge in [-0.15, -0.1) is 11.8 Å². The van der Waals surface area contributed by atoms with Crippen molar-refractivity contribution in [3.63, 3.8) is 0 Å². The van der Waals surface area contributed by atoms with Crippen LogP contribution in [0.15, 0.2) is 29.2 Å². The first-order valence-electron chi connectivity index (χ1n) is 3.68. The molecule has 0 spiro atoms. The highest BCUT2D eigenvalue weighted by Gasteiger charge is 2.04. The van der Waals surface area contributed by atoms with E-state index in [0.717, 1.165) is 4.90 Å². The second-order valence-corrected chi connectivity index (χ2v) is 3.72. The van der Waals surface area contributed by atoms with Crippen LogP contribution in [-0.4, -0.2) is 18.8 Å². The molecule has 0 N–H and O–H groups in total. The van der Waals surface area contributed by atoms with Gasteiger partial charge in [-0.25, -0.2) is 0 Å². The molecule has 0 bridgehead atoms. The predicted molar refractivity (Wildman–Crippen MR) is 54.2 cm³/mol. The summed E-state index contributed by atoms with van der Waals surface area (Å²) >= 11 is 7.25. The first-order chi connectivity index (χ1) is 6.24. The minimum absolute atomic E-state index is 0.245. The van der Waals surface area contributed by atoms with Crippen LogP contribution in [0.5, 0.6) is 0 Å². The third kappa shape index (κ3) is 3.28. The molecule has 0 amide bonds. The second-order valence-electron chi connectivity index (χ2n) is 2.30. The Morgan fingerprint density at radius 2 is 2.23 bits per heavy atom. The number of methoxy groups -OCH3 is 1. The molecule has 0 aromatic heterocycles. The van der Waals surface area contributed by atoms with E-state index < -0.39 is 0 Å². The van der Waals surface area contributed by atoms with Crippen LogP contribution in [0, 0.1) is 0 Å². The summed E-state index contributed by atoms with van der Waals surface area (Å²) in [6.45, 7) is 0. The molecule has 70 valence electrons. The van der Waals surface area contributed by atoms with E-state index in [1.54, 1.807) is 6.07 Å². The van der Waals surface area contributed by atoms with E-state index in [1.807, 2.05) is 18.2 Å². The number of esters is 1. The van der Waals surface area contributed by atoms with Crippen LogP contribution >= 0.6 is 23.4 Å². The fraction of sp³-hybridized carbons (Fsp3) is 0.222. The highest BCUT2D eigenvalue weighted by molar-refractivity contribution is 8.00. The second kappa shape index (κ2) is 5.14. The summed E-state index contributed by atoms with van der Waals surface area (Å²) in [6.07, 6.45) is 0. The van der Waals surface area contributed by atoms with E-state index in [9.17, 15) is 4.79 Å². The van der Waals surface area contributed by atoms with E-state index >= 15 is 0 Å². The van der Waals surface area contributed by atoms with Crippen LogP contribution in [0.3, 0.4) is 0 Å². The van der Waals surface area contributed by atoms with Gasteiger partial charge in [0.05, 0.1) is 17.9 Å². The lowest BCUT2D eigenvalue weighted by Crippen LogP contribution is -2.02. The van der Waals surface area contributed by atoms with Crippen molar-refractivity contribution in [2.24, 2.45) is 0 Å². The number of halogens is 1. The Morgan fingerprint density at radius 3 is 2.85 bits per heavy atom. The molecule has 0 saturated carbocycles. The zero-order valence-electron chi connectivity index (χ0n) is 7.12. The zero-order chi connectivity index (χ0) is 9.68. The molecule has 0 aliphatic rings. The summed E-state index contributed by atoms with van der Waals surface area (Å²) in [5.74, 6) is 0.0465. The van der Waals surface area contributed by atoms with Crippen LogP contribution < -0.4 is 0 Å². The van der Waals surface area contributed by atoms with Gasteiger partial charge in [0, 0.05) is 4.90 Å². The molecule has 0 saturated heterocycles. The summed E-state index contributed by atoms with van der Waals surface area (Å²) in [6, 6.07) is 7.40. The summed E-state index contributed by atoms with van der Waals surface area (Å²) in [4.78, 5) is 11.7. The van der Waals surface area contributed by atoms with E-state index in [-0.39, 0.29) is 5.97 Å². The molecule has 0 atom stereocenters. The topological polar surface area (TPSA) is 26.3 Å². The molecule has 0 aliphatic carbocycles. The van der Waals surface area contributed by atoms with E-state index in [1.165, 1.54) is 18.9 Å². The molecule has 0 unspecified atom stereocenters. The van der Waals surface area contributed by atoms with Gasteiger partial charge in [0.1, 0.15) is 0 Å². The molecule has 4 heteroatoms. The molecular formula is C9H9ClO2S. The van der Waals surface area contributed by atoms with Gasteiger partial charge in [-0.05, 0) is 12.1 Å². The fourth-order valence-electron chi connectivity index (χ4n) is 0.757. The Kier molecular flexibility index (Phi) is 4.12. The molecule has 0 aliphatic heterocycles. The van der Waals surface area contributed by atoms with Crippen molar-refractivity contribution in [2.75, 3.05) is 12.9 Å². The van der Waals surface area contributed by atoms with Crippen molar-refractivity contribution in [1.82, 2.24) is 0 Å². The lowest BCUT2D eigenvalue weighted by Gasteiger charge is -2.01. The molecule has 1 rings (SSSR count). The van der Waals surface area contributed by atoms with E-state index in [2.05, 4.69) is 4.74 Å². The number of benzene rings is 1. The van der Waals surface area contributed by atoms with Gasteiger partial charge >= 0.3 is 5.97 Å². The highest BCUT2D eigenvalue weighted by Crippen LogP contribution is 2.26. The van der Waals surface area contributed by atoms with Gasteiger partial charge in [0.15, 0.2) is 0 Å². The Morgan fingerprint density at radius 1 is 1.54 bits per heavy atom. The number of carbonyl (C=O) groups is 1. The Bertz CT molecular complexity index is 301. The molecule has 0 radical (unpaired) electrons. The molecule has 1 aromatic carbocycles. The molecule has 1 aromatic rings. The third-order valence-electron chi connectivity index (χ3n) is 1.41. The number of hydrogen-bond acceptors (Lipinski definition) is 3. The molecule has 2 nitrogen and oxygen atoms in total. The van der Waals surface area contributed by atoms with Gasteiger partial charge in [0.2, 0.25) is 0 Å². The number of thioether (sulfide) groups is 1. The summed E-state index contributed by atoms with van der Waals surface area (Å²) in [7, 11) is 1.37. The van der Waals surface area contributed by atoms with Crippen molar-refractivity contribution in [2.45, 2.75) is 4.90 Å². The average molecular weight is 217 g/mol. The smallest absolute Gasteiger partial charge is 0.315 e. The van der Waals surface area contributed by atoms with Crippen molar-refractivity contribution in [1.29, 1.82) is 0 Å². The lowest BCUT2D eigenvalue weighted by atomic mass is 10.4. The van der Waals surface area contributed by atoms with Crippen LogP contribution in [0.2, 0.25) is 5.02 Å². The van der Waals surface area contributed by atoms with Gasteiger partial charge in [-0.2, -0.15) is 0 Å². The van der Waals surface area contributed by atoms with Gasteiger partial charge < -0.3 is 4.74 Å². The third-order valence-corrected chi connectivity index (χ3v) is 2.90. The van der Waals surface area contributed by atoms with Gasteiger partial charge in [-0.1, -0.05) is 23.7 Å². The summed E-state index contributed by atoms with van der Waals surface area (Å²) in [5, 5.41) is 0.663. The Balaban J connectivity index is 2.54. The van der Waals surface area contributed by atoms with Crippen LogP contribution in [-0.2, 0) is 9.53 Å². The first-order valence-corrected chi connectivity index (χ1v) is 5.04. The quantitative estimate of drug-likeness (QED) is 0.574. The maximum absolute atomic E-state index is 10.8. The Hall–Kier alpha value is -0.670. The number of ether oxygens (including phenoxy) is 1. The lowest BCUT2D eigenvalue weighted by molar-refractivity contribution is -0.137. The van der Waals surface area contributed by atoms with Crippen LogP contribution in [0.25, 0.3) is 0 Å². The monoisotopic (exact) mass is 216 g/mol. The SMILES string of the molecule is COC(=O)CSc1ccccc1Cl. The molecule has 0 fully saturated rings. The zero-order valence-corrected chi connectivity index (χ0v) is 8.69. The molecule has 13 heavy (non-hydrogen) atoms. The minimum Gasteiger partial charge on any atom is -0.468 e. The Labute approximate surface area is 86.2 Å². The van der Waals surface area contributed by atoms with Crippen LogP contribution in [0.1, 0.15) is 0 Å². The van der Waals surface area contributed by atoms with Crippen molar-refractivity contribution in [3.05, 3.63) is 29.3 Å². The fourth-order valence-corrected chi connectivity index (χ4v) is 1.83. The van der Waals surface area contributed by atoms with Crippen LogP contribution in [0.4, 0.5) is 0 Å².